The number of hydrogen-bond acceptors (Lipinski definition) is 2. The minimum absolute atomic E-state index is 0. The van der Waals surface area contributed by atoms with Crippen LogP contribution in [0.3, 0.4) is 0 Å². The number of hydrogen-bond donors (Lipinski definition) is 0. The van der Waals surface area contributed by atoms with Crippen LogP contribution in [0.2, 0.25) is 0 Å². The monoisotopic (exact) mass is 572 g/mol. The molecular formula is C29H37IN2S. The van der Waals surface area contributed by atoms with Crippen LogP contribution in [0.4, 0.5) is 5.69 Å². The van der Waals surface area contributed by atoms with Crippen LogP contribution in [0.1, 0.15) is 74.9 Å². The number of aromatic nitrogens is 1. The summed E-state index contributed by atoms with van der Waals surface area (Å²) in [5, 5.41) is 3.61. The lowest BCUT2D eigenvalue weighted by Crippen LogP contribution is -3.00. The van der Waals surface area contributed by atoms with Gasteiger partial charge in [0.15, 0.2) is 0 Å². The summed E-state index contributed by atoms with van der Waals surface area (Å²) >= 11 is 1.83. The lowest BCUT2D eigenvalue weighted by atomic mass is 9.84. The van der Waals surface area contributed by atoms with Crippen LogP contribution in [0.15, 0.2) is 53.9 Å². The Labute approximate surface area is 221 Å². The second-order valence-electron chi connectivity index (χ2n) is 8.76. The van der Waals surface area contributed by atoms with Gasteiger partial charge in [-0.2, -0.15) is 4.57 Å². The maximum Gasteiger partial charge on any atom is 0.262 e. The molecule has 4 heteroatoms. The highest BCUT2D eigenvalue weighted by Crippen LogP contribution is 2.33. The predicted molar refractivity (Wildman–Crippen MR) is 140 cm³/mol. The van der Waals surface area contributed by atoms with Gasteiger partial charge in [-0.25, -0.2) is 0 Å². The minimum Gasteiger partial charge on any atom is -1.00 e. The lowest BCUT2D eigenvalue weighted by Gasteiger charge is -2.21. The lowest BCUT2D eigenvalue weighted by molar-refractivity contribution is -0.679. The van der Waals surface area contributed by atoms with Gasteiger partial charge in [0.25, 0.3) is 5.01 Å². The molecule has 0 atom stereocenters. The number of thiazole rings is 1. The molecule has 2 nitrogen and oxygen atoms in total. The predicted octanol–water partition coefficient (Wildman–Crippen LogP) is 4.79. The summed E-state index contributed by atoms with van der Waals surface area (Å²) in [6.45, 7) is 9.72. The normalized spacial score (nSPS) is 14.4. The summed E-state index contributed by atoms with van der Waals surface area (Å²) in [5.74, 6) is 0.769. The second-order valence-corrected chi connectivity index (χ2v) is 9.65. The Bertz CT molecular complexity index is 1010. The van der Waals surface area contributed by atoms with Crippen LogP contribution >= 0.6 is 11.3 Å². The number of rotatable bonds is 8. The number of nitrogens with zero attached hydrogens (tertiary/aromatic N) is 2. The van der Waals surface area contributed by atoms with E-state index >= 15 is 0 Å². The van der Waals surface area contributed by atoms with Crippen LogP contribution < -0.4 is 33.4 Å². The van der Waals surface area contributed by atoms with E-state index in [4.69, 9.17) is 0 Å². The van der Waals surface area contributed by atoms with E-state index in [0.29, 0.717) is 0 Å². The smallest absolute Gasteiger partial charge is 0.262 e. The van der Waals surface area contributed by atoms with Crippen LogP contribution in [0, 0.1) is 0 Å². The van der Waals surface area contributed by atoms with Crippen molar-refractivity contribution < 1.29 is 28.5 Å². The Morgan fingerprint density at radius 1 is 0.879 bits per heavy atom. The summed E-state index contributed by atoms with van der Waals surface area (Å²) in [7, 11) is 0. The SMILES string of the molecule is CCN(CC)c1ccc(/C=C/c2scc(-c3ccc(C4CCCCC4)cc3)[n+]2CC)cc1.[I-]. The molecule has 0 radical (unpaired) electrons. The highest BCUT2D eigenvalue weighted by Gasteiger charge is 2.20. The second kappa shape index (κ2) is 12.7. The molecule has 0 amide bonds. The topological polar surface area (TPSA) is 7.12 Å². The third-order valence-electron chi connectivity index (χ3n) is 6.89. The molecule has 0 aliphatic heterocycles. The first-order chi connectivity index (χ1) is 15.7. The standard InChI is InChI=1S/C29H37N2S.HI/c1-4-30(5-2)27-19-12-23(13-20-27)14-21-29-31(6-3)28(22-32-29)26-17-15-25(16-18-26)24-10-8-7-9-11-24;/h12-22,24H,4-11H2,1-3H3;1H/q+1;/p-1. The van der Waals surface area contributed by atoms with Gasteiger partial charge in [-0.3, -0.25) is 0 Å². The summed E-state index contributed by atoms with van der Waals surface area (Å²) in [4.78, 5) is 2.38. The van der Waals surface area contributed by atoms with Crippen molar-refractivity contribution >= 4 is 29.2 Å². The van der Waals surface area contributed by atoms with Crippen molar-refractivity contribution in [2.75, 3.05) is 18.0 Å². The first kappa shape index (κ1) is 26.0. The maximum atomic E-state index is 2.43. The average molecular weight is 573 g/mol. The van der Waals surface area contributed by atoms with Crippen molar-refractivity contribution in [2.45, 2.75) is 65.3 Å². The summed E-state index contributed by atoms with van der Waals surface area (Å²) < 4.78 is 2.43. The molecule has 3 aromatic rings. The third-order valence-corrected chi connectivity index (χ3v) is 7.83. The Morgan fingerprint density at radius 2 is 1.55 bits per heavy atom. The van der Waals surface area contributed by atoms with Crippen LogP contribution in [-0.2, 0) is 6.54 Å². The fraction of sp³-hybridized carbons (Fsp3) is 0.414. The average Bonchev–Trinajstić information content (AvgIpc) is 3.28. The molecule has 1 heterocycles. The van der Waals surface area contributed by atoms with Gasteiger partial charge in [-0.15, -0.1) is 0 Å². The van der Waals surface area contributed by atoms with E-state index in [9.17, 15) is 0 Å². The Balaban J connectivity index is 0.00000306. The largest absolute Gasteiger partial charge is 1.00 e. The molecule has 176 valence electrons. The summed E-state index contributed by atoms with van der Waals surface area (Å²) in [6.07, 6.45) is 11.4. The molecule has 1 aromatic heterocycles. The fourth-order valence-electron chi connectivity index (χ4n) is 4.96. The first-order valence-corrected chi connectivity index (χ1v) is 13.3. The van der Waals surface area contributed by atoms with Gasteiger partial charge in [-0.1, -0.05) is 54.9 Å². The van der Waals surface area contributed by atoms with Crippen molar-refractivity contribution in [3.63, 3.8) is 0 Å². The highest BCUT2D eigenvalue weighted by atomic mass is 127. The molecular weight excluding hydrogens is 535 g/mol. The molecule has 33 heavy (non-hydrogen) atoms. The Morgan fingerprint density at radius 3 is 2.15 bits per heavy atom. The number of anilines is 1. The van der Waals surface area contributed by atoms with Gasteiger partial charge in [0.2, 0.25) is 5.69 Å². The quantitative estimate of drug-likeness (QED) is 0.278. The Kier molecular flexibility index (Phi) is 9.99. The van der Waals surface area contributed by atoms with E-state index in [0.717, 1.165) is 25.6 Å². The van der Waals surface area contributed by atoms with Crippen molar-refractivity contribution in [1.29, 1.82) is 0 Å². The number of halogens is 1. The molecule has 0 saturated heterocycles. The molecule has 1 fully saturated rings. The van der Waals surface area contributed by atoms with E-state index in [-0.39, 0.29) is 24.0 Å². The van der Waals surface area contributed by atoms with Crippen molar-refractivity contribution in [2.24, 2.45) is 0 Å². The summed E-state index contributed by atoms with van der Waals surface area (Å²) in [6, 6.07) is 18.3. The first-order valence-electron chi connectivity index (χ1n) is 12.4. The van der Waals surface area contributed by atoms with Gasteiger partial charge in [-0.05, 0) is 81.0 Å². The van der Waals surface area contributed by atoms with Gasteiger partial charge in [0.1, 0.15) is 6.54 Å². The van der Waals surface area contributed by atoms with E-state index in [1.54, 1.807) is 0 Å². The Hall–Kier alpha value is -1.66. The van der Waals surface area contributed by atoms with Crippen LogP contribution in [-0.4, -0.2) is 13.1 Å². The van der Waals surface area contributed by atoms with E-state index in [1.807, 2.05) is 11.3 Å². The maximum absolute atomic E-state index is 2.43. The van der Waals surface area contributed by atoms with Gasteiger partial charge in [0.05, 0.1) is 5.38 Å². The summed E-state index contributed by atoms with van der Waals surface area (Å²) in [5.41, 5.74) is 6.72. The highest BCUT2D eigenvalue weighted by molar-refractivity contribution is 7.10. The van der Waals surface area contributed by atoms with Gasteiger partial charge in [0, 0.05) is 30.4 Å². The zero-order valence-corrected chi connectivity index (χ0v) is 23.2. The van der Waals surface area contributed by atoms with Gasteiger partial charge >= 0.3 is 0 Å². The van der Waals surface area contributed by atoms with Crippen LogP contribution in [0.5, 0.6) is 0 Å². The van der Waals surface area contributed by atoms with Crippen molar-refractivity contribution in [3.05, 3.63) is 70.0 Å². The van der Waals surface area contributed by atoms with E-state index in [2.05, 4.69) is 96.3 Å². The molecule has 1 aliphatic rings. The molecule has 1 saturated carbocycles. The van der Waals surface area contributed by atoms with E-state index < -0.39 is 0 Å². The van der Waals surface area contributed by atoms with E-state index in [1.165, 1.54) is 65.2 Å². The molecule has 2 aromatic carbocycles. The molecule has 0 bridgehead atoms. The molecule has 0 spiro atoms. The zero-order chi connectivity index (χ0) is 22.3. The van der Waals surface area contributed by atoms with Gasteiger partial charge < -0.3 is 28.9 Å². The molecule has 0 N–H and O–H groups in total. The van der Waals surface area contributed by atoms with Crippen molar-refractivity contribution in [3.8, 4) is 11.3 Å². The van der Waals surface area contributed by atoms with Crippen LogP contribution in [0.25, 0.3) is 23.4 Å². The zero-order valence-electron chi connectivity index (χ0n) is 20.3. The molecule has 1 aliphatic carbocycles. The fourth-order valence-corrected chi connectivity index (χ4v) is 5.95. The number of benzene rings is 2. The van der Waals surface area contributed by atoms with Crippen molar-refractivity contribution in [1.82, 2.24) is 0 Å². The molecule has 4 rings (SSSR count). The third kappa shape index (κ3) is 6.27. The molecule has 0 unspecified atom stereocenters. The minimum atomic E-state index is 0.